The van der Waals surface area contributed by atoms with Gasteiger partial charge in [0.15, 0.2) is 5.65 Å². The monoisotopic (exact) mass is 657 g/mol. The molecular weight excluding hydrogens is 632 g/mol. The molecule has 0 saturated carbocycles. The predicted molar refractivity (Wildman–Crippen MR) is 149 cm³/mol. The second-order valence-corrected chi connectivity index (χ2v) is 11.4. The van der Waals surface area contributed by atoms with Crippen LogP contribution in [0.15, 0.2) is 78.5 Å². The van der Waals surface area contributed by atoms with E-state index < -0.39 is 50.7 Å². The zero-order valence-corrected chi connectivity index (χ0v) is 24.2. The van der Waals surface area contributed by atoms with Crippen molar-refractivity contribution in [3.8, 4) is 0 Å². The van der Waals surface area contributed by atoms with Crippen molar-refractivity contribution < 1.29 is 44.3 Å². The number of ether oxygens (including phenoxy) is 1. The zero-order valence-electron chi connectivity index (χ0n) is 23.4. The Hall–Kier alpha value is -4.58. The summed E-state index contributed by atoms with van der Waals surface area (Å²) in [5.74, 6) is -1.37. The second kappa shape index (κ2) is 13.2. The molecule has 1 aliphatic heterocycles. The quantitative estimate of drug-likeness (QED) is 0.206. The summed E-state index contributed by atoms with van der Waals surface area (Å²) in [6.07, 6.45) is -2.76. The highest BCUT2D eigenvalue weighted by Crippen LogP contribution is 2.29. The fourth-order valence-electron chi connectivity index (χ4n) is 4.33. The Bertz CT molecular complexity index is 1730. The Morgan fingerprint density at radius 3 is 2.44 bits per heavy atom. The van der Waals surface area contributed by atoms with Gasteiger partial charge in [-0.2, -0.15) is 17.5 Å². The number of halogens is 6. The first-order valence-corrected chi connectivity index (χ1v) is 14.4. The topological polar surface area (TPSA) is 131 Å². The first kappa shape index (κ1) is 33.3. The van der Waals surface area contributed by atoms with E-state index in [-0.39, 0.29) is 37.6 Å². The molecule has 4 rings (SSSR count). The molecule has 1 fully saturated rings. The van der Waals surface area contributed by atoms with Gasteiger partial charge in [-0.05, 0) is 36.8 Å². The van der Waals surface area contributed by atoms with Gasteiger partial charge < -0.3 is 15.0 Å². The smallest absolute Gasteiger partial charge is 0.406 e. The van der Waals surface area contributed by atoms with E-state index >= 15 is 0 Å². The number of allylic oxidation sites excluding steroid dienone is 3. The van der Waals surface area contributed by atoms with Crippen LogP contribution in [0.3, 0.4) is 0 Å². The molecule has 0 bridgehead atoms. The van der Waals surface area contributed by atoms with Crippen molar-refractivity contribution in [2.24, 2.45) is 0 Å². The lowest BCUT2D eigenvalue weighted by molar-refractivity contribution is -0.303. The van der Waals surface area contributed by atoms with Gasteiger partial charge in [-0.3, -0.25) is 4.79 Å². The lowest BCUT2D eigenvalue weighted by atomic mass is 10.1. The summed E-state index contributed by atoms with van der Waals surface area (Å²) >= 11 is 0. The standard InChI is InChI=1S/C27H25F6N7O4S/c1-3-20(9-4-17(2)44-27(31,32)33)45(42,43)40-11-10-39(23-14-35-21-13-34-16-37-24(21)38-23)15-22(40)25(41)36-12-18-5-7-19(8-6-18)26(28,29)30/h3-9,13-14,16,22H,2,10-12,15H2,1H3,(H,36,41)/b9-4-,20-3+/t22-/m1/s1. The minimum Gasteiger partial charge on any atom is -0.406 e. The molecule has 0 spiro atoms. The third-order valence-corrected chi connectivity index (χ3v) is 8.51. The average molecular weight is 658 g/mol. The number of alkyl halides is 6. The molecular formula is C27H25F6N7O4S. The molecule has 45 heavy (non-hydrogen) atoms. The minimum atomic E-state index is -5.04. The normalized spacial score (nSPS) is 17.1. The van der Waals surface area contributed by atoms with E-state index in [0.29, 0.717) is 11.1 Å². The number of hydrogen-bond acceptors (Lipinski definition) is 9. The van der Waals surface area contributed by atoms with Gasteiger partial charge in [0.25, 0.3) is 0 Å². The number of carbonyl (C=O) groups is 1. The van der Waals surface area contributed by atoms with Crippen LogP contribution in [0.2, 0.25) is 0 Å². The van der Waals surface area contributed by atoms with Crippen LogP contribution in [0.1, 0.15) is 18.1 Å². The van der Waals surface area contributed by atoms with Crippen molar-refractivity contribution in [1.29, 1.82) is 0 Å². The molecule has 18 heteroatoms. The van der Waals surface area contributed by atoms with Gasteiger partial charge in [0, 0.05) is 26.2 Å². The van der Waals surface area contributed by atoms with Crippen molar-refractivity contribution in [3.63, 3.8) is 0 Å². The van der Waals surface area contributed by atoms with Gasteiger partial charge in [0.2, 0.25) is 15.9 Å². The summed E-state index contributed by atoms with van der Waals surface area (Å²) < 4.78 is 108. The molecule has 1 aromatic carbocycles. The summed E-state index contributed by atoms with van der Waals surface area (Å²) in [6.45, 7) is 3.78. The van der Waals surface area contributed by atoms with Gasteiger partial charge >= 0.3 is 12.5 Å². The highest BCUT2D eigenvalue weighted by Gasteiger charge is 2.41. The Morgan fingerprint density at radius 1 is 1.09 bits per heavy atom. The van der Waals surface area contributed by atoms with Gasteiger partial charge in [-0.15, -0.1) is 13.2 Å². The number of rotatable bonds is 9. The van der Waals surface area contributed by atoms with Crippen molar-refractivity contribution in [1.82, 2.24) is 29.6 Å². The molecule has 1 saturated heterocycles. The molecule has 240 valence electrons. The summed E-state index contributed by atoms with van der Waals surface area (Å²) in [5, 5.41) is 2.56. The Balaban J connectivity index is 1.60. The number of hydrogen-bond donors (Lipinski definition) is 1. The van der Waals surface area contributed by atoms with Crippen LogP contribution in [-0.2, 0) is 32.3 Å². The maximum absolute atomic E-state index is 13.7. The van der Waals surface area contributed by atoms with E-state index in [1.807, 2.05) is 0 Å². The van der Waals surface area contributed by atoms with Crippen molar-refractivity contribution in [2.45, 2.75) is 32.0 Å². The van der Waals surface area contributed by atoms with E-state index in [9.17, 15) is 39.6 Å². The van der Waals surface area contributed by atoms with E-state index in [0.717, 1.165) is 34.7 Å². The number of anilines is 1. The zero-order chi connectivity index (χ0) is 33.0. The van der Waals surface area contributed by atoms with Gasteiger partial charge in [0.05, 0.1) is 22.9 Å². The highest BCUT2D eigenvalue weighted by molar-refractivity contribution is 7.93. The molecule has 0 unspecified atom stereocenters. The molecule has 3 heterocycles. The Labute approximate surface area is 253 Å². The number of benzene rings is 1. The molecule has 3 aromatic rings. The first-order chi connectivity index (χ1) is 21.1. The predicted octanol–water partition coefficient (Wildman–Crippen LogP) is 4.09. The first-order valence-electron chi connectivity index (χ1n) is 13.0. The molecule has 0 radical (unpaired) electrons. The molecule has 1 N–H and O–H groups in total. The largest absolute Gasteiger partial charge is 0.573 e. The van der Waals surface area contributed by atoms with E-state index in [4.69, 9.17) is 0 Å². The Kier molecular flexibility index (Phi) is 9.76. The average Bonchev–Trinajstić information content (AvgIpc) is 2.98. The fraction of sp³-hybridized carbons (Fsp3) is 0.296. The van der Waals surface area contributed by atoms with Gasteiger partial charge in [-0.1, -0.05) is 24.8 Å². The van der Waals surface area contributed by atoms with Gasteiger partial charge in [0.1, 0.15) is 29.5 Å². The summed E-state index contributed by atoms with van der Waals surface area (Å²) in [7, 11) is -4.49. The number of fused-ring (bicyclic) bond motifs is 1. The third kappa shape index (κ3) is 8.33. The van der Waals surface area contributed by atoms with Crippen molar-refractivity contribution in [2.75, 3.05) is 24.5 Å². The number of amides is 1. The molecule has 11 nitrogen and oxygen atoms in total. The number of nitrogens with one attached hydrogen (secondary N) is 1. The molecule has 2 aromatic heterocycles. The number of sulfonamides is 1. The number of aromatic nitrogens is 4. The number of carbonyl (C=O) groups excluding carboxylic acids is 1. The van der Waals surface area contributed by atoms with Crippen LogP contribution in [0.4, 0.5) is 32.2 Å². The summed E-state index contributed by atoms with van der Waals surface area (Å²) in [5.41, 5.74) is 0.0888. The lowest BCUT2D eigenvalue weighted by Gasteiger charge is -2.40. The highest BCUT2D eigenvalue weighted by atomic mass is 32.2. The third-order valence-electron chi connectivity index (χ3n) is 6.49. The number of nitrogens with zero attached hydrogens (tertiary/aromatic N) is 6. The second-order valence-electron chi connectivity index (χ2n) is 9.49. The molecule has 1 amide bonds. The molecule has 1 atom stereocenters. The minimum absolute atomic E-state index is 0.0395. The van der Waals surface area contributed by atoms with E-state index in [1.165, 1.54) is 37.8 Å². The van der Waals surface area contributed by atoms with Crippen LogP contribution in [-0.4, -0.2) is 70.6 Å². The van der Waals surface area contributed by atoms with E-state index in [2.05, 4.69) is 36.6 Å². The van der Waals surface area contributed by atoms with Crippen LogP contribution in [0, 0.1) is 0 Å². The molecule has 0 aliphatic carbocycles. The van der Waals surface area contributed by atoms with Crippen molar-refractivity contribution in [3.05, 3.63) is 89.6 Å². The van der Waals surface area contributed by atoms with Gasteiger partial charge in [-0.25, -0.2) is 28.4 Å². The maximum atomic E-state index is 13.7. The summed E-state index contributed by atoms with van der Waals surface area (Å²) in [6, 6.07) is 2.65. The van der Waals surface area contributed by atoms with Crippen LogP contribution in [0.5, 0.6) is 0 Å². The van der Waals surface area contributed by atoms with E-state index in [1.54, 1.807) is 4.90 Å². The van der Waals surface area contributed by atoms with Crippen LogP contribution in [0.25, 0.3) is 11.2 Å². The van der Waals surface area contributed by atoms with Crippen LogP contribution >= 0.6 is 0 Å². The Morgan fingerprint density at radius 2 is 1.80 bits per heavy atom. The SMILES string of the molecule is C=C(/C=C\C(=C/C)S(=O)(=O)N1CCN(c2cnc3cncnc3n2)C[C@@H]1C(=O)NCc1ccc(C(F)(F)F)cc1)OC(F)(F)F. The van der Waals surface area contributed by atoms with Crippen molar-refractivity contribution >= 4 is 32.9 Å². The lowest BCUT2D eigenvalue weighted by Crippen LogP contribution is -2.60. The fourth-order valence-corrected chi connectivity index (χ4v) is 5.96. The van der Waals surface area contributed by atoms with Crippen LogP contribution < -0.4 is 10.2 Å². The summed E-state index contributed by atoms with van der Waals surface area (Å²) in [4.78, 5) is 31.2. The molecule has 1 aliphatic rings. The number of piperazine rings is 1. The maximum Gasteiger partial charge on any atom is 0.573 e.